The molecule has 1 atom stereocenters. The highest BCUT2D eigenvalue weighted by Crippen LogP contribution is 2.25. The number of rotatable bonds is 2. The van der Waals surface area contributed by atoms with E-state index in [1.54, 1.807) is 0 Å². The standard InChI is InChI=1S/C10H13BrClN/c1-7(13(2)3)8-4-9(11)6-10(12)5-8/h4-7H,1-3H3. The second-order valence-corrected chi connectivity index (χ2v) is 4.69. The fraction of sp³-hybridized carbons (Fsp3) is 0.400. The topological polar surface area (TPSA) is 3.24 Å². The molecule has 0 aliphatic carbocycles. The molecule has 0 radical (unpaired) electrons. The lowest BCUT2D eigenvalue weighted by Crippen LogP contribution is -2.16. The molecule has 0 spiro atoms. The van der Waals surface area contributed by atoms with Crippen LogP contribution >= 0.6 is 27.5 Å². The molecular formula is C10H13BrClN. The summed E-state index contributed by atoms with van der Waals surface area (Å²) in [6.07, 6.45) is 0. The molecule has 0 amide bonds. The van der Waals surface area contributed by atoms with Crippen molar-refractivity contribution >= 4 is 27.5 Å². The first-order valence-electron chi connectivity index (χ1n) is 4.13. The average molecular weight is 263 g/mol. The summed E-state index contributed by atoms with van der Waals surface area (Å²) in [7, 11) is 4.11. The molecule has 0 heterocycles. The lowest BCUT2D eigenvalue weighted by Gasteiger charge is -2.20. The predicted molar refractivity (Wildman–Crippen MR) is 61.3 cm³/mol. The van der Waals surface area contributed by atoms with Gasteiger partial charge in [0.15, 0.2) is 0 Å². The summed E-state index contributed by atoms with van der Waals surface area (Å²) < 4.78 is 1.03. The zero-order valence-electron chi connectivity index (χ0n) is 8.01. The van der Waals surface area contributed by atoms with Gasteiger partial charge >= 0.3 is 0 Å². The van der Waals surface area contributed by atoms with Gasteiger partial charge in [-0.3, -0.25) is 0 Å². The van der Waals surface area contributed by atoms with Gasteiger partial charge < -0.3 is 4.90 Å². The summed E-state index contributed by atoms with van der Waals surface area (Å²) >= 11 is 9.38. The number of hydrogen-bond acceptors (Lipinski definition) is 1. The molecule has 1 aromatic rings. The predicted octanol–water partition coefficient (Wildman–Crippen LogP) is 3.73. The fourth-order valence-electron chi connectivity index (χ4n) is 1.11. The fourth-order valence-corrected chi connectivity index (χ4v) is 2.00. The Kier molecular flexibility index (Phi) is 3.77. The van der Waals surface area contributed by atoms with Crippen LogP contribution in [-0.2, 0) is 0 Å². The summed E-state index contributed by atoms with van der Waals surface area (Å²) in [5.74, 6) is 0. The second-order valence-electron chi connectivity index (χ2n) is 3.34. The third kappa shape index (κ3) is 2.97. The summed E-state index contributed by atoms with van der Waals surface area (Å²) in [6, 6.07) is 6.37. The molecule has 0 saturated heterocycles. The third-order valence-corrected chi connectivity index (χ3v) is 2.82. The van der Waals surface area contributed by atoms with E-state index >= 15 is 0 Å². The van der Waals surface area contributed by atoms with Crippen LogP contribution in [0.2, 0.25) is 5.02 Å². The maximum Gasteiger partial charge on any atom is 0.0420 e. The van der Waals surface area contributed by atoms with Crippen LogP contribution in [0.1, 0.15) is 18.5 Å². The largest absolute Gasteiger partial charge is 0.303 e. The summed E-state index contributed by atoms with van der Waals surface area (Å²) in [5.41, 5.74) is 1.23. The molecule has 0 aromatic heterocycles. The van der Waals surface area contributed by atoms with Crippen LogP contribution in [0.4, 0.5) is 0 Å². The Labute approximate surface area is 92.8 Å². The maximum absolute atomic E-state index is 5.95. The minimum absolute atomic E-state index is 0.384. The molecule has 1 unspecified atom stereocenters. The second kappa shape index (κ2) is 4.45. The van der Waals surface area contributed by atoms with Crippen molar-refractivity contribution in [3.63, 3.8) is 0 Å². The van der Waals surface area contributed by atoms with Crippen LogP contribution in [0.25, 0.3) is 0 Å². The minimum atomic E-state index is 0.384. The molecule has 13 heavy (non-hydrogen) atoms. The first kappa shape index (κ1) is 11.0. The molecule has 0 bridgehead atoms. The van der Waals surface area contributed by atoms with Gasteiger partial charge in [0.2, 0.25) is 0 Å². The van der Waals surface area contributed by atoms with Crippen molar-refractivity contribution in [3.8, 4) is 0 Å². The Morgan fingerprint density at radius 1 is 1.31 bits per heavy atom. The van der Waals surface area contributed by atoms with E-state index in [0.717, 1.165) is 9.50 Å². The van der Waals surface area contributed by atoms with Crippen LogP contribution in [0, 0.1) is 0 Å². The van der Waals surface area contributed by atoms with Crippen molar-refractivity contribution in [2.45, 2.75) is 13.0 Å². The van der Waals surface area contributed by atoms with Crippen molar-refractivity contribution in [1.29, 1.82) is 0 Å². The molecule has 1 nitrogen and oxygen atoms in total. The Balaban J connectivity index is 3.01. The Morgan fingerprint density at radius 2 is 1.92 bits per heavy atom. The van der Waals surface area contributed by atoms with Crippen LogP contribution in [0.5, 0.6) is 0 Å². The molecule has 1 rings (SSSR count). The summed E-state index contributed by atoms with van der Waals surface area (Å²) in [6.45, 7) is 2.15. The van der Waals surface area contributed by atoms with E-state index in [1.165, 1.54) is 5.56 Å². The molecular weight excluding hydrogens is 249 g/mol. The van der Waals surface area contributed by atoms with E-state index in [9.17, 15) is 0 Å². The Hall–Kier alpha value is -0.0500. The molecule has 0 fully saturated rings. The number of hydrogen-bond donors (Lipinski definition) is 0. The van der Waals surface area contributed by atoms with Crippen LogP contribution in [-0.4, -0.2) is 19.0 Å². The SMILES string of the molecule is CC(c1cc(Cl)cc(Br)c1)N(C)C. The van der Waals surface area contributed by atoms with Gasteiger partial charge in [0.05, 0.1) is 0 Å². The van der Waals surface area contributed by atoms with Crippen molar-refractivity contribution in [3.05, 3.63) is 33.3 Å². The molecule has 72 valence electrons. The van der Waals surface area contributed by atoms with Crippen molar-refractivity contribution < 1.29 is 0 Å². The molecule has 0 aliphatic rings. The van der Waals surface area contributed by atoms with E-state index in [1.807, 2.05) is 12.1 Å². The highest BCUT2D eigenvalue weighted by molar-refractivity contribution is 9.10. The lowest BCUT2D eigenvalue weighted by atomic mass is 10.1. The van der Waals surface area contributed by atoms with E-state index in [0.29, 0.717) is 6.04 Å². The third-order valence-electron chi connectivity index (χ3n) is 2.14. The summed E-state index contributed by atoms with van der Waals surface area (Å²) in [4.78, 5) is 2.15. The molecule has 0 aliphatic heterocycles. The average Bonchev–Trinajstić information content (AvgIpc) is 2.01. The Bertz CT molecular complexity index is 279. The zero-order valence-corrected chi connectivity index (χ0v) is 10.4. The van der Waals surface area contributed by atoms with Gasteiger partial charge in [-0.1, -0.05) is 27.5 Å². The van der Waals surface area contributed by atoms with Crippen LogP contribution in [0.3, 0.4) is 0 Å². The highest BCUT2D eigenvalue weighted by atomic mass is 79.9. The van der Waals surface area contributed by atoms with Crippen molar-refractivity contribution in [2.24, 2.45) is 0 Å². The van der Waals surface area contributed by atoms with Gasteiger partial charge in [-0.25, -0.2) is 0 Å². The van der Waals surface area contributed by atoms with Gasteiger partial charge in [-0.05, 0) is 44.8 Å². The molecule has 1 aromatic carbocycles. The van der Waals surface area contributed by atoms with Gasteiger partial charge in [0, 0.05) is 15.5 Å². The van der Waals surface area contributed by atoms with Crippen LogP contribution < -0.4 is 0 Å². The quantitative estimate of drug-likeness (QED) is 0.785. The van der Waals surface area contributed by atoms with Crippen molar-refractivity contribution in [1.82, 2.24) is 4.90 Å². The zero-order chi connectivity index (χ0) is 10.0. The van der Waals surface area contributed by atoms with Gasteiger partial charge in [0.25, 0.3) is 0 Å². The number of benzene rings is 1. The lowest BCUT2D eigenvalue weighted by molar-refractivity contribution is 0.321. The van der Waals surface area contributed by atoms with Gasteiger partial charge in [0.1, 0.15) is 0 Å². The Morgan fingerprint density at radius 3 is 2.38 bits per heavy atom. The normalized spacial score (nSPS) is 13.4. The van der Waals surface area contributed by atoms with Gasteiger partial charge in [-0.2, -0.15) is 0 Å². The smallest absolute Gasteiger partial charge is 0.0420 e. The van der Waals surface area contributed by atoms with Crippen molar-refractivity contribution in [2.75, 3.05) is 14.1 Å². The van der Waals surface area contributed by atoms with E-state index < -0.39 is 0 Å². The number of nitrogens with zero attached hydrogens (tertiary/aromatic N) is 1. The molecule has 0 N–H and O–H groups in total. The molecule has 3 heteroatoms. The summed E-state index contributed by atoms with van der Waals surface area (Å²) in [5, 5.41) is 0.776. The maximum atomic E-state index is 5.95. The monoisotopic (exact) mass is 261 g/mol. The van der Waals surface area contributed by atoms with E-state index in [-0.39, 0.29) is 0 Å². The van der Waals surface area contributed by atoms with E-state index in [2.05, 4.69) is 47.9 Å². The first-order chi connectivity index (χ1) is 6.00. The first-order valence-corrected chi connectivity index (χ1v) is 5.30. The van der Waals surface area contributed by atoms with Crippen LogP contribution in [0.15, 0.2) is 22.7 Å². The molecule has 0 saturated carbocycles. The highest BCUT2D eigenvalue weighted by Gasteiger charge is 2.08. The van der Waals surface area contributed by atoms with Gasteiger partial charge in [-0.15, -0.1) is 0 Å². The number of halogens is 2. The van der Waals surface area contributed by atoms with E-state index in [4.69, 9.17) is 11.6 Å². The minimum Gasteiger partial charge on any atom is -0.303 e.